The summed E-state index contributed by atoms with van der Waals surface area (Å²) < 4.78 is 11.1. The molecule has 22 heavy (non-hydrogen) atoms. The van der Waals surface area contributed by atoms with E-state index in [9.17, 15) is 9.59 Å². The van der Waals surface area contributed by atoms with Gasteiger partial charge in [0.1, 0.15) is 29.6 Å². The van der Waals surface area contributed by atoms with Gasteiger partial charge < -0.3 is 9.15 Å². The quantitative estimate of drug-likeness (QED) is 0.691. The largest absolute Gasteiger partial charge is 0.488 e. The van der Waals surface area contributed by atoms with E-state index in [0.29, 0.717) is 29.6 Å². The van der Waals surface area contributed by atoms with E-state index in [1.807, 2.05) is 31.2 Å². The van der Waals surface area contributed by atoms with Crippen molar-refractivity contribution in [2.24, 2.45) is 0 Å². The Morgan fingerprint density at radius 2 is 2.00 bits per heavy atom. The lowest BCUT2D eigenvalue weighted by molar-refractivity contribution is 0.112. The molecule has 4 nitrogen and oxygen atoms in total. The SMILES string of the molecule is Cc1cccc(COc2cccc3occ(C=O)c(=O)c23)c1. The first-order valence-electron chi connectivity index (χ1n) is 6.87. The van der Waals surface area contributed by atoms with E-state index in [1.165, 1.54) is 6.26 Å². The normalized spacial score (nSPS) is 10.6. The van der Waals surface area contributed by atoms with Crippen LogP contribution in [0.15, 0.2) is 57.9 Å². The van der Waals surface area contributed by atoms with Crippen LogP contribution in [0.4, 0.5) is 0 Å². The molecule has 0 atom stereocenters. The second-order valence-corrected chi connectivity index (χ2v) is 5.05. The fourth-order valence-corrected chi connectivity index (χ4v) is 2.32. The predicted molar refractivity (Wildman–Crippen MR) is 83.4 cm³/mol. The third-order valence-corrected chi connectivity index (χ3v) is 3.39. The highest BCUT2D eigenvalue weighted by atomic mass is 16.5. The molecule has 0 aliphatic heterocycles. The van der Waals surface area contributed by atoms with Crippen LogP contribution in [-0.4, -0.2) is 6.29 Å². The molecule has 0 spiro atoms. The standard InChI is InChI=1S/C18H14O4/c1-12-4-2-5-13(8-12)10-21-15-6-3-7-16-17(15)18(20)14(9-19)11-22-16/h2-9,11H,10H2,1H3. The Balaban J connectivity index is 2.00. The van der Waals surface area contributed by atoms with Gasteiger partial charge in [-0.3, -0.25) is 9.59 Å². The van der Waals surface area contributed by atoms with E-state index in [4.69, 9.17) is 9.15 Å². The summed E-state index contributed by atoms with van der Waals surface area (Å²) in [6.45, 7) is 2.35. The minimum Gasteiger partial charge on any atom is -0.488 e. The number of benzene rings is 2. The number of aryl methyl sites for hydroxylation is 1. The van der Waals surface area contributed by atoms with Crippen LogP contribution in [0.25, 0.3) is 11.0 Å². The summed E-state index contributed by atoms with van der Waals surface area (Å²) in [5.41, 5.74) is 2.15. The van der Waals surface area contributed by atoms with Crippen LogP contribution in [0, 0.1) is 6.92 Å². The predicted octanol–water partition coefficient (Wildman–Crippen LogP) is 3.49. The second kappa shape index (κ2) is 5.85. The lowest BCUT2D eigenvalue weighted by Gasteiger charge is -2.09. The van der Waals surface area contributed by atoms with Crippen molar-refractivity contribution in [1.29, 1.82) is 0 Å². The lowest BCUT2D eigenvalue weighted by atomic mass is 10.1. The van der Waals surface area contributed by atoms with Crippen LogP contribution in [0.5, 0.6) is 5.75 Å². The van der Waals surface area contributed by atoms with Crippen molar-refractivity contribution in [3.8, 4) is 5.75 Å². The summed E-state index contributed by atoms with van der Waals surface area (Å²) in [5, 5.41) is 0.291. The lowest BCUT2D eigenvalue weighted by Crippen LogP contribution is -2.09. The molecule has 0 fully saturated rings. The van der Waals surface area contributed by atoms with Gasteiger partial charge in [0, 0.05) is 0 Å². The van der Waals surface area contributed by atoms with Crippen molar-refractivity contribution in [3.05, 3.63) is 75.6 Å². The van der Waals surface area contributed by atoms with Crippen molar-refractivity contribution < 1.29 is 13.9 Å². The highest BCUT2D eigenvalue weighted by Crippen LogP contribution is 2.23. The number of ether oxygens (including phenoxy) is 1. The summed E-state index contributed by atoms with van der Waals surface area (Å²) >= 11 is 0. The molecule has 1 heterocycles. The van der Waals surface area contributed by atoms with E-state index < -0.39 is 0 Å². The summed E-state index contributed by atoms with van der Waals surface area (Å²) in [6, 6.07) is 13.1. The highest BCUT2D eigenvalue weighted by molar-refractivity contribution is 5.88. The Kier molecular flexibility index (Phi) is 3.74. The van der Waals surface area contributed by atoms with Crippen LogP contribution in [0.1, 0.15) is 21.5 Å². The van der Waals surface area contributed by atoms with Crippen molar-refractivity contribution in [2.45, 2.75) is 13.5 Å². The average Bonchev–Trinajstić information content (AvgIpc) is 2.53. The molecular weight excluding hydrogens is 280 g/mol. The van der Waals surface area contributed by atoms with E-state index in [2.05, 4.69) is 0 Å². The van der Waals surface area contributed by atoms with Gasteiger partial charge in [-0.15, -0.1) is 0 Å². The molecule has 0 saturated heterocycles. The fourth-order valence-electron chi connectivity index (χ4n) is 2.32. The zero-order valence-corrected chi connectivity index (χ0v) is 12.0. The Hall–Kier alpha value is -2.88. The van der Waals surface area contributed by atoms with Crippen LogP contribution < -0.4 is 10.2 Å². The number of rotatable bonds is 4. The number of fused-ring (bicyclic) bond motifs is 1. The van der Waals surface area contributed by atoms with Crippen molar-refractivity contribution in [1.82, 2.24) is 0 Å². The zero-order valence-electron chi connectivity index (χ0n) is 12.0. The van der Waals surface area contributed by atoms with Gasteiger partial charge in [-0.25, -0.2) is 0 Å². The van der Waals surface area contributed by atoms with Crippen LogP contribution in [0.2, 0.25) is 0 Å². The number of hydrogen-bond acceptors (Lipinski definition) is 4. The molecule has 0 radical (unpaired) electrons. The Morgan fingerprint density at radius 1 is 1.18 bits per heavy atom. The Labute approximate surface area is 127 Å². The summed E-state index contributed by atoms with van der Waals surface area (Å²) in [5.74, 6) is 0.413. The third-order valence-electron chi connectivity index (χ3n) is 3.39. The molecule has 3 aromatic rings. The first-order chi connectivity index (χ1) is 10.7. The molecule has 0 amide bonds. The van der Waals surface area contributed by atoms with Gasteiger partial charge in [-0.1, -0.05) is 35.9 Å². The summed E-state index contributed by atoms with van der Waals surface area (Å²) in [6.07, 6.45) is 1.66. The molecule has 1 aromatic heterocycles. The molecule has 0 aliphatic rings. The fraction of sp³-hybridized carbons (Fsp3) is 0.111. The minimum atomic E-state index is -0.379. The molecule has 0 saturated carbocycles. The average molecular weight is 294 g/mol. The first-order valence-corrected chi connectivity index (χ1v) is 6.87. The van der Waals surface area contributed by atoms with E-state index in [0.717, 1.165) is 11.1 Å². The summed E-state index contributed by atoms with van der Waals surface area (Å²) in [7, 11) is 0. The Morgan fingerprint density at radius 3 is 2.77 bits per heavy atom. The molecular formula is C18H14O4. The molecule has 0 bridgehead atoms. The first kappa shape index (κ1) is 14.1. The van der Waals surface area contributed by atoms with E-state index in [-0.39, 0.29) is 11.0 Å². The number of carbonyl (C=O) groups is 1. The molecule has 2 aromatic carbocycles. The van der Waals surface area contributed by atoms with Gasteiger partial charge in [0.25, 0.3) is 0 Å². The van der Waals surface area contributed by atoms with Crippen LogP contribution in [-0.2, 0) is 6.61 Å². The maximum absolute atomic E-state index is 12.3. The van der Waals surface area contributed by atoms with Gasteiger partial charge >= 0.3 is 0 Å². The maximum Gasteiger partial charge on any atom is 0.206 e. The molecule has 110 valence electrons. The van der Waals surface area contributed by atoms with Gasteiger partial charge in [0.15, 0.2) is 6.29 Å². The number of carbonyl (C=O) groups excluding carboxylic acids is 1. The summed E-state index contributed by atoms with van der Waals surface area (Å²) in [4.78, 5) is 23.2. The second-order valence-electron chi connectivity index (χ2n) is 5.05. The molecule has 0 N–H and O–H groups in total. The minimum absolute atomic E-state index is 0.0147. The van der Waals surface area contributed by atoms with Crippen LogP contribution >= 0.6 is 0 Å². The topological polar surface area (TPSA) is 56.5 Å². The highest BCUT2D eigenvalue weighted by Gasteiger charge is 2.11. The molecule has 0 unspecified atom stereocenters. The van der Waals surface area contributed by atoms with Crippen LogP contribution in [0.3, 0.4) is 0 Å². The van der Waals surface area contributed by atoms with Crippen molar-refractivity contribution in [3.63, 3.8) is 0 Å². The third kappa shape index (κ3) is 2.63. The van der Waals surface area contributed by atoms with E-state index >= 15 is 0 Å². The Bertz CT molecular complexity index is 893. The zero-order chi connectivity index (χ0) is 15.5. The van der Waals surface area contributed by atoms with Gasteiger partial charge in [-0.05, 0) is 24.6 Å². The molecule has 3 rings (SSSR count). The van der Waals surface area contributed by atoms with Crippen molar-refractivity contribution in [2.75, 3.05) is 0 Å². The van der Waals surface area contributed by atoms with Crippen molar-refractivity contribution >= 4 is 17.3 Å². The monoisotopic (exact) mass is 294 g/mol. The van der Waals surface area contributed by atoms with Gasteiger partial charge in [0.05, 0.1) is 5.56 Å². The number of aldehydes is 1. The molecule has 0 aliphatic carbocycles. The number of hydrogen-bond donors (Lipinski definition) is 0. The van der Waals surface area contributed by atoms with Gasteiger partial charge in [-0.2, -0.15) is 0 Å². The smallest absolute Gasteiger partial charge is 0.206 e. The maximum atomic E-state index is 12.3. The molecule has 4 heteroatoms. The van der Waals surface area contributed by atoms with Gasteiger partial charge in [0.2, 0.25) is 5.43 Å². The van der Waals surface area contributed by atoms with E-state index in [1.54, 1.807) is 18.2 Å².